The minimum Gasteiger partial charge on any atom is -0.356 e. The fraction of sp³-hybridized carbons (Fsp3) is 0.909. The summed E-state index contributed by atoms with van der Waals surface area (Å²) in [6.45, 7) is 1.63. The lowest BCUT2D eigenvalue weighted by Gasteiger charge is -2.03. The highest BCUT2D eigenvalue weighted by atomic mass is 16.1. The zero-order valence-electron chi connectivity index (χ0n) is 8.93. The predicted octanol–water partition coefficient (Wildman–Crippen LogP) is 1.42. The van der Waals surface area contributed by atoms with Gasteiger partial charge in [-0.3, -0.25) is 4.79 Å². The quantitative estimate of drug-likeness (QED) is 0.580. The number of hydrogen-bond acceptors (Lipinski definition) is 2. The molecule has 1 aliphatic rings. The number of carbonyl (C=O) groups excluding carboxylic acids is 1. The molecule has 0 aromatic carbocycles. The van der Waals surface area contributed by atoms with Crippen LogP contribution in [0.2, 0.25) is 0 Å². The van der Waals surface area contributed by atoms with Crippen LogP contribution in [-0.4, -0.2) is 19.0 Å². The molecule has 0 aliphatic heterocycles. The van der Waals surface area contributed by atoms with Crippen LogP contribution in [0.4, 0.5) is 0 Å². The molecule has 1 amide bonds. The minimum atomic E-state index is 0.242. The van der Waals surface area contributed by atoms with E-state index in [1.807, 2.05) is 0 Å². The first kappa shape index (κ1) is 11.5. The van der Waals surface area contributed by atoms with Crippen molar-refractivity contribution in [2.75, 3.05) is 13.1 Å². The van der Waals surface area contributed by atoms with Gasteiger partial charge in [0, 0.05) is 13.0 Å². The number of rotatable bonds is 8. The van der Waals surface area contributed by atoms with E-state index in [0.717, 1.165) is 32.4 Å². The fourth-order valence-electron chi connectivity index (χ4n) is 1.51. The largest absolute Gasteiger partial charge is 0.356 e. The van der Waals surface area contributed by atoms with Crippen LogP contribution in [0.3, 0.4) is 0 Å². The third kappa shape index (κ3) is 5.97. The number of amides is 1. The van der Waals surface area contributed by atoms with Gasteiger partial charge in [-0.1, -0.05) is 12.8 Å². The molecule has 14 heavy (non-hydrogen) atoms. The van der Waals surface area contributed by atoms with Gasteiger partial charge in [-0.15, -0.1) is 0 Å². The molecule has 0 aromatic rings. The van der Waals surface area contributed by atoms with Crippen LogP contribution in [0.5, 0.6) is 0 Å². The Balaban J connectivity index is 1.80. The summed E-state index contributed by atoms with van der Waals surface area (Å²) in [6.07, 6.45) is 7.83. The molecule has 3 heteroatoms. The Labute approximate surface area is 86.4 Å². The van der Waals surface area contributed by atoms with Crippen LogP contribution in [0.25, 0.3) is 0 Å². The fourth-order valence-corrected chi connectivity index (χ4v) is 1.51. The third-order valence-corrected chi connectivity index (χ3v) is 2.62. The lowest BCUT2D eigenvalue weighted by Crippen LogP contribution is -2.24. The van der Waals surface area contributed by atoms with E-state index in [4.69, 9.17) is 5.73 Å². The zero-order chi connectivity index (χ0) is 10.2. The summed E-state index contributed by atoms with van der Waals surface area (Å²) in [5.41, 5.74) is 5.38. The summed E-state index contributed by atoms with van der Waals surface area (Å²) >= 11 is 0. The van der Waals surface area contributed by atoms with E-state index in [2.05, 4.69) is 5.32 Å². The Morgan fingerprint density at radius 1 is 1.21 bits per heavy atom. The average Bonchev–Trinajstić information content (AvgIpc) is 2.95. The molecule has 82 valence electrons. The first-order valence-electron chi connectivity index (χ1n) is 5.79. The van der Waals surface area contributed by atoms with Crippen molar-refractivity contribution >= 4 is 5.91 Å². The standard InChI is InChI=1S/C11H22N2O/c12-7-3-1-2-4-8-13-11(14)9-10-5-6-10/h10H,1-9,12H2,(H,13,14). The maximum Gasteiger partial charge on any atom is 0.220 e. The summed E-state index contributed by atoms with van der Waals surface area (Å²) in [4.78, 5) is 11.3. The first-order chi connectivity index (χ1) is 6.83. The van der Waals surface area contributed by atoms with Gasteiger partial charge in [0.25, 0.3) is 0 Å². The SMILES string of the molecule is NCCCCCCNC(=O)CC1CC1. The maximum atomic E-state index is 11.3. The van der Waals surface area contributed by atoms with Gasteiger partial charge < -0.3 is 11.1 Å². The van der Waals surface area contributed by atoms with Crippen molar-refractivity contribution < 1.29 is 4.79 Å². The Bertz CT molecular complexity index is 167. The second kappa shape index (κ2) is 6.82. The molecule has 1 rings (SSSR count). The van der Waals surface area contributed by atoms with E-state index in [1.165, 1.54) is 25.7 Å². The van der Waals surface area contributed by atoms with Crippen molar-refractivity contribution in [3.05, 3.63) is 0 Å². The van der Waals surface area contributed by atoms with Gasteiger partial charge in [-0.05, 0) is 38.1 Å². The molecule has 0 aromatic heterocycles. The molecule has 1 saturated carbocycles. The molecule has 1 aliphatic carbocycles. The monoisotopic (exact) mass is 198 g/mol. The highest BCUT2D eigenvalue weighted by molar-refractivity contribution is 5.76. The second-order valence-electron chi connectivity index (χ2n) is 4.20. The van der Waals surface area contributed by atoms with Gasteiger partial charge in [-0.25, -0.2) is 0 Å². The molecular weight excluding hydrogens is 176 g/mol. The Kier molecular flexibility index (Phi) is 5.60. The lowest BCUT2D eigenvalue weighted by atomic mass is 10.2. The van der Waals surface area contributed by atoms with Crippen molar-refractivity contribution in [3.63, 3.8) is 0 Å². The van der Waals surface area contributed by atoms with Crippen molar-refractivity contribution in [3.8, 4) is 0 Å². The number of hydrogen-bond donors (Lipinski definition) is 2. The molecule has 3 N–H and O–H groups in total. The molecule has 0 atom stereocenters. The molecule has 0 heterocycles. The van der Waals surface area contributed by atoms with Crippen LogP contribution in [0.15, 0.2) is 0 Å². The Morgan fingerprint density at radius 2 is 1.93 bits per heavy atom. The Morgan fingerprint density at radius 3 is 2.57 bits per heavy atom. The number of carbonyl (C=O) groups is 1. The summed E-state index contributed by atoms with van der Waals surface area (Å²) < 4.78 is 0. The highest BCUT2D eigenvalue weighted by Gasteiger charge is 2.23. The number of nitrogens with one attached hydrogen (secondary N) is 1. The number of unbranched alkanes of at least 4 members (excludes halogenated alkanes) is 3. The van der Waals surface area contributed by atoms with Gasteiger partial charge in [0.05, 0.1) is 0 Å². The topological polar surface area (TPSA) is 55.1 Å². The molecule has 3 nitrogen and oxygen atoms in total. The zero-order valence-corrected chi connectivity index (χ0v) is 8.93. The van der Waals surface area contributed by atoms with E-state index in [-0.39, 0.29) is 5.91 Å². The third-order valence-electron chi connectivity index (χ3n) is 2.62. The second-order valence-corrected chi connectivity index (χ2v) is 4.20. The molecular formula is C11H22N2O. The summed E-state index contributed by atoms with van der Waals surface area (Å²) in [6, 6.07) is 0. The van der Waals surface area contributed by atoms with Gasteiger partial charge in [0.1, 0.15) is 0 Å². The van der Waals surface area contributed by atoms with Crippen LogP contribution < -0.4 is 11.1 Å². The molecule has 0 spiro atoms. The molecule has 1 fully saturated rings. The molecule has 0 saturated heterocycles. The van der Waals surface area contributed by atoms with Crippen LogP contribution in [0, 0.1) is 5.92 Å². The van der Waals surface area contributed by atoms with Crippen molar-refractivity contribution in [2.45, 2.75) is 44.9 Å². The maximum absolute atomic E-state index is 11.3. The summed E-state index contributed by atoms with van der Waals surface area (Å²) in [7, 11) is 0. The predicted molar refractivity (Wildman–Crippen MR) is 57.9 cm³/mol. The van der Waals surface area contributed by atoms with E-state index in [0.29, 0.717) is 5.92 Å². The van der Waals surface area contributed by atoms with E-state index < -0.39 is 0 Å². The van der Waals surface area contributed by atoms with Crippen LogP contribution >= 0.6 is 0 Å². The van der Waals surface area contributed by atoms with Crippen molar-refractivity contribution in [2.24, 2.45) is 11.7 Å². The molecule has 0 radical (unpaired) electrons. The van der Waals surface area contributed by atoms with Crippen LogP contribution in [0.1, 0.15) is 44.9 Å². The first-order valence-corrected chi connectivity index (χ1v) is 5.79. The van der Waals surface area contributed by atoms with Crippen molar-refractivity contribution in [1.82, 2.24) is 5.32 Å². The Hall–Kier alpha value is -0.570. The smallest absolute Gasteiger partial charge is 0.220 e. The van der Waals surface area contributed by atoms with Gasteiger partial charge in [-0.2, -0.15) is 0 Å². The van der Waals surface area contributed by atoms with Crippen molar-refractivity contribution in [1.29, 1.82) is 0 Å². The highest BCUT2D eigenvalue weighted by Crippen LogP contribution is 2.31. The minimum absolute atomic E-state index is 0.242. The average molecular weight is 198 g/mol. The molecule has 0 unspecified atom stereocenters. The van der Waals surface area contributed by atoms with Gasteiger partial charge >= 0.3 is 0 Å². The van der Waals surface area contributed by atoms with Gasteiger partial charge in [0.15, 0.2) is 0 Å². The normalized spacial score (nSPS) is 15.5. The van der Waals surface area contributed by atoms with E-state index in [1.54, 1.807) is 0 Å². The summed E-state index contributed by atoms with van der Waals surface area (Å²) in [5, 5.41) is 2.96. The van der Waals surface area contributed by atoms with E-state index in [9.17, 15) is 4.79 Å². The number of nitrogens with two attached hydrogens (primary N) is 1. The lowest BCUT2D eigenvalue weighted by molar-refractivity contribution is -0.121. The van der Waals surface area contributed by atoms with Gasteiger partial charge in [0.2, 0.25) is 5.91 Å². The summed E-state index contributed by atoms with van der Waals surface area (Å²) in [5.74, 6) is 0.943. The molecule has 0 bridgehead atoms. The van der Waals surface area contributed by atoms with Crippen LogP contribution in [-0.2, 0) is 4.79 Å². The van der Waals surface area contributed by atoms with E-state index >= 15 is 0 Å².